The number of rotatable bonds is 6. The molecule has 0 aromatic carbocycles. The lowest BCUT2D eigenvalue weighted by Crippen LogP contribution is -2.64. The Kier molecular flexibility index (Phi) is 6.65. The fourth-order valence-electron chi connectivity index (χ4n) is 3.37. The Balaban J connectivity index is 2.24. The highest BCUT2D eigenvalue weighted by Crippen LogP contribution is 2.25. The zero-order valence-corrected chi connectivity index (χ0v) is 15.4. The SMILES string of the molecule is CC(=O)C[C@@H](C=O)NC(=O)[C@@H]1CCCN2C(=O)CC[C@H](NC(C)=O)C(=O)N12. The van der Waals surface area contributed by atoms with Crippen molar-refractivity contribution < 1.29 is 28.8 Å². The summed E-state index contributed by atoms with van der Waals surface area (Å²) in [6.07, 6.45) is 1.36. The first-order valence-electron chi connectivity index (χ1n) is 8.90. The van der Waals surface area contributed by atoms with E-state index in [1.807, 2.05) is 0 Å². The highest BCUT2D eigenvalue weighted by Gasteiger charge is 2.44. The number of hydrogen-bond donors (Lipinski definition) is 2. The number of carbonyl (C=O) groups is 6. The van der Waals surface area contributed by atoms with Gasteiger partial charge in [-0.2, -0.15) is 0 Å². The molecule has 0 aromatic heterocycles. The van der Waals surface area contributed by atoms with Gasteiger partial charge in [-0.25, -0.2) is 5.01 Å². The average Bonchev–Trinajstić information content (AvgIpc) is 2.72. The minimum atomic E-state index is -0.991. The topological polar surface area (TPSA) is 133 Å². The lowest BCUT2D eigenvalue weighted by atomic mass is 10.0. The second kappa shape index (κ2) is 8.74. The number of fused-ring (bicyclic) bond motifs is 1. The molecule has 2 heterocycles. The van der Waals surface area contributed by atoms with Crippen LogP contribution in [0, 0.1) is 0 Å². The van der Waals surface area contributed by atoms with Gasteiger partial charge in [0.2, 0.25) is 17.7 Å². The highest BCUT2D eigenvalue weighted by molar-refractivity contribution is 5.96. The molecule has 2 N–H and O–H groups in total. The monoisotopic (exact) mass is 380 g/mol. The van der Waals surface area contributed by atoms with Gasteiger partial charge in [0, 0.05) is 26.3 Å². The fourth-order valence-corrected chi connectivity index (χ4v) is 3.37. The van der Waals surface area contributed by atoms with Crippen LogP contribution >= 0.6 is 0 Å². The predicted molar refractivity (Wildman–Crippen MR) is 91.7 cm³/mol. The maximum Gasteiger partial charge on any atom is 0.264 e. The van der Waals surface area contributed by atoms with E-state index in [2.05, 4.69) is 10.6 Å². The first-order valence-corrected chi connectivity index (χ1v) is 8.90. The number of hydrogen-bond acceptors (Lipinski definition) is 6. The van der Waals surface area contributed by atoms with Gasteiger partial charge in [0.05, 0.1) is 6.04 Å². The summed E-state index contributed by atoms with van der Waals surface area (Å²) in [6, 6.07) is -2.88. The normalized spacial score (nSPS) is 23.8. The number of nitrogens with zero attached hydrogens (tertiary/aromatic N) is 2. The number of amides is 4. The Labute approximate surface area is 156 Å². The molecule has 3 atom stereocenters. The Morgan fingerprint density at radius 2 is 1.93 bits per heavy atom. The lowest BCUT2D eigenvalue weighted by molar-refractivity contribution is -0.176. The molecule has 4 amide bonds. The van der Waals surface area contributed by atoms with Crippen molar-refractivity contribution in [2.24, 2.45) is 0 Å². The molecule has 10 heteroatoms. The Bertz CT molecular complexity index is 664. The van der Waals surface area contributed by atoms with Crippen molar-refractivity contribution in [2.75, 3.05) is 6.54 Å². The molecule has 0 bridgehead atoms. The zero-order chi connectivity index (χ0) is 20.1. The van der Waals surface area contributed by atoms with Crippen LogP contribution in [0.4, 0.5) is 0 Å². The second-order valence-corrected chi connectivity index (χ2v) is 6.81. The van der Waals surface area contributed by atoms with Crippen LogP contribution in [0.15, 0.2) is 0 Å². The average molecular weight is 380 g/mol. The van der Waals surface area contributed by atoms with Gasteiger partial charge in [0.1, 0.15) is 24.2 Å². The number of aldehydes is 1. The Hall–Kier alpha value is -2.78. The zero-order valence-electron chi connectivity index (χ0n) is 15.4. The van der Waals surface area contributed by atoms with Crippen molar-refractivity contribution in [1.82, 2.24) is 20.7 Å². The third-order valence-electron chi connectivity index (χ3n) is 4.54. The van der Waals surface area contributed by atoms with Crippen LogP contribution in [-0.4, -0.2) is 70.4 Å². The van der Waals surface area contributed by atoms with Gasteiger partial charge in [-0.3, -0.25) is 29.0 Å². The molecule has 2 saturated heterocycles. The van der Waals surface area contributed by atoms with E-state index in [4.69, 9.17) is 0 Å². The number of Topliss-reactive ketones (excluding diaryl/α,β-unsaturated/α-hetero) is 1. The van der Waals surface area contributed by atoms with Crippen LogP contribution in [0.2, 0.25) is 0 Å². The van der Waals surface area contributed by atoms with Crippen molar-refractivity contribution in [2.45, 2.75) is 64.1 Å². The maximum atomic E-state index is 12.9. The third kappa shape index (κ3) is 4.89. The Morgan fingerprint density at radius 3 is 2.52 bits per heavy atom. The highest BCUT2D eigenvalue weighted by atomic mass is 16.2. The molecule has 0 saturated carbocycles. The van der Waals surface area contributed by atoms with Crippen molar-refractivity contribution in [3.8, 4) is 0 Å². The van der Waals surface area contributed by atoms with E-state index in [1.165, 1.54) is 18.9 Å². The fraction of sp³-hybridized carbons (Fsp3) is 0.647. The summed E-state index contributed by atoms with van der Waals surface area (Å²) in [5.41, 5.74) is 0. The summed E-state index contributed by atoms with van der Waals surface area (Å²) in [5, 5.41) is 7.34. The van der Waals surface area contributed by atoms with Gasteiger partial charge < -0.3 is 15.4 Å². The van der Waals surface area contributed by atoms with Gasteiger partial charge in [-0.05, 0) is 26.2 Å². The summed E-state index contributed by atoms with van der Waals surface area (Å²) in [6.45, 7) is 2.88. The van der Waals surface area contributed by atoms with Crippen molar-refractivity contribution >= 4 is 35.7 Å². The van der Waals surface area contributed by atoms with Crippen LogP contribution < -0.4 is 10.6 Å². The first kappa shape index (κ1) is 20.5. The summed E-state index contributed by atoms with van der Waals surface area (Å²) >= 11 is 0. The van der Waals surface area contributed by atoms with E-state index in [1.54, 1.807) is 0 Å². The molecule has 2 aliphatic heterocycles. The standard InChI is InChI=1S/C17H24N4O6/c1-10(23)8-12(9-22)19-16(26)14-4-3-7-20-15(25)6-5-13(18-11(2)24)17(27)21(14)20/h9,12-14H,3-8H2,1-2H3,(H,18,24)(H,19,26)/t12-,13-,14-/m0/s1. The van der Waals surface area contributed by atoms with E-state index in [9.17, 15) is 28.8 Å². The smallest absolute Gasteiger partial charge is 0.264 e. The first-order chi connectivity index (χ1) is 12.7. The van der Waals surface area contributed by atoms with Gasteiger partial charge in [0.25, 0.3) is 5.91 Å². The molecule has 10 nitrogen and oxygen atoms in total. The summed E-state index contributed by atoms with van der Waals surface area (Å²) in [5.74, 6) is -2.11. The van der Waals surface area contributed by atoms with Crippen molar-refractivity contribution in [3.05, 3.63) is 0 Å². The molecular formula is C17H24N4O6. The van der Waals surface area contributed by atoms with Crippen LogP contribution in [-0.2, 0) is 28.8 Å². The summed E-state index contributed by atoms with van der Waals surface area (Å²) < 4.78 is 0. The molecule has 0 spiro atoms. The molecule has 0 radical (unpaired) electrons. The van der Waals surface area contributed by atoms with Crippen molar-refractivity contribution in [3.63, 3.8) is 0 Å². The van der Waals surface area contributed by atoms with E-state index in [0.29, 0.717) is 25.7 Å². The molecule has 0 unspecified atom stereocenters. The molecule has 2 fully saturated rings. The molecule has 0 aromatic rings. The van der Waals surface area contributed by atoms with Gasteiger partial charge >= 0.3 is 0 Å². The molecule has 2 aliphatic rings. The van der Waals surface area contributed by atoms with Crippen LogP contribution in [0.3, 0.4) is 0 Å². The van der Waals surface area contributed by atoms with Crippen molar-refractivity contribution in [1.29, 1.82) is 0 Å². The molecule has 148 valence electrons. The third-order valence-corrected chi connectivity index (χ3v) is 4.54. The lowest BCUT2D eigenvalue weighted by Gasteiger charge is -2.43. The second-order valence-electron chi connectivity index (χ2n) is 6.81. The van der Waals surface area contributed by atoms with E-state index < -0.39 is 35.8 Å². The van der Waals surface area contributed by atoms with E-state index in [0.717, 1.165) is 5.01 Å². The number of hydrazine groups is 1. The summed E-state index contributed by atoms with van der Waals surface area (Å²) in [4.78, 5) is 71.8. The minimum Gasteiger partial charge on any atom is -0.344 e. The number of ketones is 1. The predicted octanol–water partition coefficient (Wildman–Crippen LogP) is -1.32. The number of nitrogens with one attached hydrogen (secondary N) is 2. The maximum absolute atomic E-state index is 12.9. The van der Waals surface area contributed by atoms with Crippen LogP contribution in [0.25, 0.3) is 0 Å². The quantitative estimate of drug-likeness (QED) is 0.549. The molecule has 2 rings (SSSR count). The Morgan fingerprint density at radius 1 is 1.22 bits per heavy atom. The minimum absolute atomic E-state index is 0.0722. The van der Waals surface area contributed by atoms with Gasteiger partial charge in [-0.15, -0.1) is 0 Å². The molecular weight excluding hydrogens is 356 g/mol. The van der Waals surface area contributed by atoms with Gasteiger partial charge in [-0.1, -0.05) is 0 Å². The molecule has 0 aliphatic carbocycles. The largest absolute Gasteiger partial charge is 0.344 e. The van der Waals surface area contributed by atoms with E-state index in [-0.39, 0.29) is 31.0 Å². The number of carbonyl (C=O) groups excluding carboxylic acids is 6. The van der Waals surface area contributed by atoms with Gasteiger partial charge in [0.15, 0.2) is 0 Å². The van der Waals surface area contributed by atoms with Crippen LogP contribution in [0.5, 0.6) is 0 Å². The molecule has 27 heavy (non-hydrogen) atoms. The van der Waals surface area contributed by atoms with E-state index >= 15 is 0 Å². The summed E-state index contributed by atoms with van der Waals surface area (Å²) in [7, 11) is 0. The van der Waals surface area contributed by atoms with Crippen LogP contribution in [0.1, 0.15) is 46.0 Å².